The van der Waals surface area contributed by atoms with Crippen molar-refractivity contribution in [3.05, 3.63) is 23.1 Å². The van der Waals surface area contributed by atoms with Crippen LogP contribution in [0.1, 0.15) is 25.8 Å². The second-order valence-corrected chi connectivity index (χ2v) is 4.05. The van der Waals surface area contributed by atoms with Gasteiger partial charge in [-0.15, -0.1) is 0 Å². The van der Waals surface area contributed by atoms with Gasteiger partial charge in [-0.2, -0.15) is 0 Å². The summed E-state index contributed by atoms with van der Waals surface area (Å²) in [5.74, 6) is 0. The third-order valence-corrected chi connectivity index (χ3v) is 2.54. The van der Waals surface area contributed by atoms with Crippen molar-refractivity contribution in [1.82, 2.24) is 10.6 Å². The molecule has 0 saturated carbocycles. The van der Waals surface area contributed by atoms with Crippen molar-refractivity contribution in [3.8, 4) is 0 Å². The fraction of sp³-hybridized carbons (Fsp3) is 0.636. The summed E-state index contributed by atoms with van der Waals surface area (Å²) in [5, 5.41) is 7.22. The molecule has 3 nitrogen and oxygen atoms in total. The minimum atomic E-state index is 0.433. The quantitative estimate of drug-likeness (QED) is 0.707. The summed E-state index contributed by atoms with van der Waals surface area (Å²) in [4.78, 5) is 0. The van der Waals surface area contributed by atoms with E-state index in [4.69, 9.17) is 16.0 Å². The first-order valence-corrected chi connectivity index (χ1v) is 5.77. The van der Waals surface area contributed by atoms with Crippen LogP contribution in [0.4, 0.5) is 0 Å². The van der Waals surface area contributed by atoms with Gasteiger partial charge in [0.15, 0.2) is 5.22 Å². The largest absolute Gasteiger partial charge is 0.453 e. The van der Waals surface area contributed by atoms with Crippen LogP contribution in [0.2, 0.25) is 5.22 Å². The fourth-order valence-corrected chi connectivity index (χ4v) is 1.48. The Balaban J connectivity index is 2.16. The standard InChI is InChI=1S/C11H19ClN2O/c1-3-5-13-7-9(2)14-8-10-4-6-15-11(10)12/h4,6,9,13-14H,3,5,7-8H2,1-2H3. The maximum absolute atomic E-state index is 5.83. The number of nitrogens with one attached hydrogen (secondary N) is 2. The van der Waals surface area contributed by atoms with Gasteiger partial charge in [-0.05, 0) is 37.6 Å². The topological polar surface area (TPSA) is 37.2 Å². The average molecular weight is 231 g/mol. The van der Waals surface area contributed by atoms with Crippen LogP contribution in [0.25, 0.3) is 0 Å². The molecule has 15 heavy (non-hydrogen) atoms. The fourth-order valence-electron chi connectivity index (χ4n) is 1.30. The van der Waals surface area contributed by atoms with Gasteiger partial charge in [0.25, 0.3) is 0 Å². The highest BCUT2D eigenvalue weighted by molar-refractivity contribution is 6.29. The molecular formula is C11H19ClN2O. The van der Waals surface area contributed by atoms with E-state index in [-0.39, 0.29) is 0 Å². The van der Waals surface area contributed by atoms with Crippen LogP contribution in [0.3, 0.4) is 0 Å². The molecule has 2 N–H and O–H groups in total. The summed E-state index contributed by atoms with van der Waals surface area (Å²) in [7, 11) is 0. The smallest absolute Gasteiger partial charge is 0.197 e. The molecule has 0 amide bonds. The monoisotopic (exact) mass is 230 g/mol. The molecule has 1 heterocycles. The Morgan fingerprint density at radius 2 is 2.33 bits per heavy atom. The van der Waals surface area contributed by atoms with Gasteiger partial charge in [-0.25, -0.2) is 0 Å². The first-order valence-electron chi connectivity index (χ1n) is 5.40. The van der Waals surface area contributed by atoms with E-state index in [0.29, 0.717) is 11.3 Å². The van der Waals surface area contributed by atoms with Gasteiger partial charge in [0.05, 0.1) is 6.26 Å². The molecule has 0 bridgehead atoms. The Kier molecular flexibility index (Phi) is 5.76. The van der Waals surface area contributed by atoms with Crippen molar-refractivity contribution >= 4 is 11.6 Å². The Morgan fingerprint density at radius 3 is 2.93 bits per heavy atom. The lowest BCUT2D eigenvalue weighted by atomic mass is 10.3. The minimum absolute atomic E-state index is 0.433. The van der Waals surface area contributed by atoms with Crippen LogP contribution in [-0.4, -0.2) is 19.1 Å². The molecule has 4 heteroatoms. The number of furan rings is 1. The lowest BCUT2D eigenvalue weighted by molar-refractivity contribution is 0.497. The van der Waals surface area contributed by atoms with Crippen molar-refractivity contribution in [2.24, 2.45) is 0 Å². The molecule has 0 saturated heterocycles. The summed E-state index contributed by atoms with van der Waals surface area (Å²) < 4.78 is 5.01. The second-order valence-electron chi connectivity index (χ2n) is 3.71. The van der Waals surface area contributed by atoms with Crippen LogP contribution in [0.5, 0.6) is 0 Å². The highest BCUT2D eigenvalue weighted by Crippen LogP contribution is 2.15. The first-order chi connectivity index (χ1) is 7.24. The summed E-state index contributed by atoms with van der Waals surface area (Å²) in [6.45, 7) is 7.11. The van der Waals surface area contributed by atoms with E-state index in [1.165, 1.54) is 6.42 Å². The summed E-state index contributed by atoms with van der Waals surface area (Å²) in [5.41, 5.74) is 1.01. The number of halogens is 1. The molecule has 86 valence electrons. The molecule has 0 aliphatic rings. The molecule has 0 fully saturated rings. The zero-order valence-corrected chi connectivity index (χ0v) is 10.1. The van der Waals surface area contributed by atoms with Crippen LogP contribution >= 0.6 is 11.6 Å². The molecule has 1 unspecified atom stereocenters. The number of hydrogen-bond donors (Lipinski definition) is 2. The van der Waals surface area contributed by atoms with E-state index in [9.17, 15) is 0 Å². The van der Waals surface area contributed by atoms with Crippen LogP contribution < -0.4 is 10.6 Å². The molecule has 1 atom stereocenters. The van der Waals surface area contributed by atoms with Crippen LogP contribution in [-0.2, 0) is 6.54 Å². The molecule has 1 aromatic rings. The molecule has 0 aliphatic heterocycles. The van der Waals surface area contributed by atoms with Gasteiger partial charge in [0.2, 0.25) is 0 Å². The zero-order valence-electron chi connectivity index (χ0n) is 9.35. The third kappa shape index (κ3) is 4.69. The molecule has 0 aliphatic carbocycles. The predicted octanol–water partition coefficient (Wildman–Crippen LogP) is 2.41. The maximum atomic E-state index is 5.83. The number of rotatable bonds is 7. The summed E-state index contributed by atoms with van der Waals surface area (Å²) in [6, 6.07) is 2.32. The van der Waals surface area contributed by atoms with Gasteiger partial charge < -0.3 is 15.1 Å². The highest BCUT2D eigenvalue weighted by atomic mass is 35.5. The lowest BCUT2D eigenvalue weighted by Gasteiger charge is -2.13. The predicted molar refractivity (Wildman–Crippen MR) is 63.2 cm³/mol. The normalized spacial score (nSPS) is 13.0. The van der Waals surface area contributed by atoms with Crippen molar-refractivity contribution in [1.29, 1.82) is 0 Å². The summed E-state index contributed by atoms with van der Waals surface area (Å²) in [6.07, 6.45) is 2.78. The molecular weight excluding hydrogens is 212 g/mol. The van der Waals surface area contributed by atoms with Gasteiger partial charge in [-0.1, -0.05) is 6.92 Å². The van der Waals surface area contributed by atoms with Gasteiger partial charge in [0, 0.05) is 24.7 Å². The maximum Gasteiger partial charge on any atom is 0.197 e. The van der Waals surface area contributed by atoms with E-state index in [1.807, 2.05) is 6.07 Å². The van der Waals surface area contributed by atoms with E-state index < -0.39 is 0 Å². The molecule has 1 aromatic heterocycles. The van der Waals surface area contributed by atoms with E-state index >= 15 is 0 Å². The van der Waals surface area contributed by atoms with Crippen molar-refractivity contribution in [3.63, 3.8) is 0 Å². The average Bonchev–Trinajstić information content (AvgIpc) is 2.61. The van der Waals surface area contributed by atoms with Gasteiger partial charge in [0.1, 0.15) is 0 Å². The Hall–Kier alpha value is -0.510. The highest BCUT2D eigenvalue weighted by Gasteiger charge is 2.05. The SMILES string of the molecule is CCCNCC(C)NCc1ccoc1Cl. The van der Waals surface area contributed by atoms with E-state index in [1.54, 1.807) is 6.26 Å². The molecule has 0 radical (unpaired) electrons. The number of hydrogen-bond acceptors (Lipinski definition) is 3. The third-order valence-electron chi connectivity index (χ3n) is 2.21. The van der Waals surface area contributed by atoms with E-state index in [2.05, 4.69) is 24.5 Å². The van der Waals surface area contributed by atoms with E-state index in [0.717, 1.165) is 25.2 Å². The summed E-state index contributed by atoms with van der Waals surface area (Å²) >= 11 is 5.83. The Morgan fingerprint density at radius 1 is 1.53 bits per heavy atom. The second kappa shape index (κ2) is 6.88. The van der Waals surface area contributed by atoms with Crippen molar-refractivity contribution in [2.75, 3.05) is 13.1 Å². The first kappa shape index (κ1) is 12.6. The van der Waals surface area contributed by atoms with Crippen molar-refractivity contribution in [2.45, 2.75) is 32.9 Å². The van der Waals surface area contributed by atoms with Gasteiger partial charge in [-0.3, -0.25) is 0 Å². The Bertz CT molecular complexity index is 275. The Labute approximate surface area is 96.2 Å². The van der Waals surface area contributed by atoms with Gasteiger partial charge >= 0.3 is 0 Å². The molecule has 0 spiro atoms. The molecule has 1 rings (SSSR count). The van der Waals surface area contributed by atoms with Crippen molar-refractivity contribution < 1.29 is 4.42 Å². The van der Waals surface area contributed by atoms with Crippen LogP contribution in [0, 0.1) is 0 Å². The van der Waals surface area contributed by atoms with Crippen LogP contribution in [0.15, 0.2) is 16.7 Å². The zero-order chi connectivity index (χ0) is 11.1. The lowest BCUT2D eigenvalue weighted by Crippen LogP contribution is -2.36. The molecule has 0 aromatic carbocycles. The minimum Gasteiger partial charge on any atom is -0.453 e.